The van der Waals surface area contributed by atoms with Gasteiger partial charge < -0.3 is 39.0 Å². The molecular formula is C58H56Cl4F4N6O10. The molecule has 0 aliphatic carbocycles. The Labute approximate surface area is 489 Å². The molecule has 3 saturated heterocycles. The molecule has 82 heavy (non-hydrogen) atoms. The summed E-state index contributed by atoms with van der Waals surface area (Å²) in [7, 11) is 0. The molecule has 5 aliphatic rings. The van der Waals surface area contributed by atoms with Crippen molar-refractivity contribution in [3.8, 4) is 0 Å². The van der Waals surface area contributed by atoms with Crippen molar-refractivity contribution in [1.82, 2.24) is 29.7 Å². The van der Waals surface area contributed by atoms with Crippen molar-refractivity contribution < 1.29 is 66.2 Å². The van der Waals surface area contributed by atoms with Gasteiger partial charge in [0.15, 0.2) is 5.72 Å². The van der Waals surface area contributed by atoms with Crippen LogP contribution in [0.5, 0.6) is 0 Å². The van der Waals surface area contributed by atoms with Gasteiger partial charge in [-0.1, -0.05) is 70.7 Å². The van der Waals surface area contributed by atoms with E-state index >= 15 is 17.6 Å². The van der Waals surface area contributed by atoms with Gasteiger partial charge in [-0.2, -0.15) is 0 Å². The summed E-state index contributed by atoms with van der Waals surface area (Å²) >= 11 is 24.3. The van der Waals surface area contributed by atoms with Crippen molar-refractivity contribution >= 4 is 58.2 Å². The third-order valence-corrected chi connectivity index (χ3v) is 16.9. The van der Waals surface area contributed by atoms with Gasteiger partial charge in [0.05, 0.1) is 71.3 Å². The lowest BCUT2D eigenvalue weighted by Crippen LogP contribution is -2.50. The fourth-order valence-electron chi connectivity index (χ4n) is 11.4. The zero-order chi connectivity index (χ0) is 58.4. The fraction of sp³-hybridized carbons (Fsp3) is 0.414. The molecule has 0 radical (unpaired) electrons. The summed E-state index contributed by atoms with van der Waals surface area (Å²) < 4.78 is 94.0. The standard InChI is InChI=1S/C30H29Cl2F2N3O5.C28H27Cl2F2N3O5/c1-28(39,29(34)7-10-40-11-8-29)19-12-23-26(24(33)13-19)30(42-22-6-9-41-17-22,18-2-4-20(31)5-3-18)37(27(23)38)16-25-35-14-21(32)15-36-25;1-26(38,27(32)6-9-39-10-7-27)18-12-21-24(22(31)13-18)28(40-11-8-36,17-2-4-19(29)5-3-17)35(25(21)37)16-23-33-14-20(30)15-34-23/h2-5,12-15,22,39H,6-11,16-17H2,1H3;2-5,12-15,36,38H,6-11,16H2,1H3/t22-,28?,30-;26?,28-/m01/s1. The number of alkyl halides is 2. The first-order valence-corrected chi connectivity index (χ1v) is 27.9. The van der Waals surface area contributed by atoms with Crippen LogP contribution < -0.4 is 0 Å². The Balaban J connectivity index is 0.000000184. The van der Waals surface area contributed by atoms with E-state index in [1.54, 1.807) is 48.5 Å². The first-order chi connectivity index (χ1) is 39.1. The number of nitrogens with zero attached hydrogens (tertiary/aromatic N) is 6. The molecule has 2 aromatic heterocycles. The van der Waals surface area contributed by atoms with Crippen LogP contribution in [0.15, 0.2) is 97.6 Å². The highest BCUT2D eigenvalue weighted by Crippen LogP contribution is 2.53. The van der Waals surface area contributed by atoms with Crippen molar-refractivity contribution in [2.24, 2.45) is 0 Å². The number of hydrogen-bond donors (Lipinski definition) is 3. The summed E-state index contributed by atoms with van der Waals surface area (Å²) in [5.74, 6) is -2.58. The van der Waals surface area contributed by atoms with E-state index in [0.29, 0.717) is 39.2 Å². The highest BCUT2D eigenvalue weighted by atomic mass is 35.5. The van der Waals surface area contributed by atoms with Crippen molar-refractivity contribution in [3.63, 3.8) is 0 Å². The molecular weight excluding hydrogens is 1160 g/mol. The molecule has 0 spiro atoms. The second kappa shape index (κ2) is 23.5. The molecule has 4 aromatic carbocycles. The number of aromatic nitrogens is 4. The Morgan fingerprint density at radius 3 is 1.41 bits per heavy atom. The Bertz CT molecular complexity index is 3320. The molecule has 11 rings (SSSR count). The van der Waals surface area contributed by atoms with E-state index in [-0.39, 0.29) is 128 Å². The number of amides is 2. The summed E-state index contributed by atoms with van der Waals surface area (Å²) in [6.07, 6.45) is 5.22. The van der Waals surface area contributed by atoms with Crippen molar-refractivity contribution in [2.45, 2.75) is 99.1 Å². The Hall–Kier alpha value is -5.46. The van der Waals surface area contributed by atoms with Crippen LogP contribution in [0.3, 0.4) is 0 Å². The van der Waals surface area contributed by atoms with Gasteiger partial charge in [-0.3, -0.25) is 19.4 Å². The third kappa shape index (κ3) is 10.8. The first-order valence-electron chi connectivity index (χ1n) is 26.3. The number of rotatable bonds is 15. The number of hydrogen-bond acceptors (Lipinski definition) is 14. The average molecular weight is 1210 g/mol. The lowest BCUT2D eigenvalue weighted by atomic mass is 9.75. The maximum atomic E-state index is 16.6. The molecule has 2 unspecified atom stereocenters. The minimum absolute atomic E-state index is 0.0599. The quantitative estimate of drug-likeness (QED) is 0.0821. The largest absolute Gasteiger partial charge is 0.394 e. The number of carbonyl (C=O) groups excluding carboxylic acids is 2. The Kier molecular flexibility index (Phi) is 17.1. The monoisotopic (exact) mass is 1210 g/mol. The summed E-state index contributed by atoms with van der Waals surface area (Å²) in [5.41, 5.74) is -11.9. The number of aliphatic hydroxyl groups is 3. The first kappa shape index (κ1) is 59.7. The van der Waals surface area contributed by atoms with Crippen molar-refractivity contribution in [1.29, 1.82) is 0 Å². The van der Waals surface area contributed by atoms with Crippen LogP contribution in [-0.2, 0) is 59.4 Å². The average Bonchev–Trinajstić information content (AvgIpc) is 1.87. The maximum absolute atomic E-state index is 16.6. The van der Waals surface area contributed by atoms with E-state index < -0.39 is 70.1 Å². The van der Waals surface area contributed by atoms with Crippen LogP contribution in [0.2, 0.25) is 20.1 Å². The minimum Gasteiger partial charge on any atom is -0.394 e. The zero-order valence-corrected chi connectivity index (χ0v) is 47.4. The van der Waals surface area contributed by atoms with Gasteiger partial charge in [-0.05, 0) is 79.9 Å². The molecule has 7 heterocycles. The minimum atomic E-state index is -2.13. The van der Waals surface area contributed by atoms with Gasteiger partial charge in [0.25, 0.3) is 11.8 Å². The summed E-state index contributed by atoms with van der Waals surface area (Å²) in [6.45, 7) is 2.60. The molecule has 434 valence electrons. The van der Waals surface area contributed by atoms with E-state index in [4.69, 9.17) is 70.1 Å². The molecule has 0 saturated carbocycles. The van der Waals surface area contributed by atoms with E-state index in [2.05, 4.69) is 19.9 Å². The normalized spacial score (nSPS) is 23.4. The van der Waals surface area contributed by atoms with Crippen molar-refractivity contribution in [2.75, 3.05) is 52.9 Å². The van der Waals surface area contributed by atoms with Crippen LogP contribution in [0.25, 0.3) is 0 Å². The van der Waals surface area contributed by atoms with E-state index in [0.717, 1.165) is 12.1 Å². The number of ether oxygens (including phenoxy) is 5. The van der Waals surface area contributed by atoms with Crippen LogP contribution >= 0.6 is 46.4 Å². The second-order valence-electron chi connectivity index (χ2n) is 21.0. The Morgan fingerprint density at radius 1 is 0.610 bits per heavy atom. The fourth-order valence-corrected chi connectivity index (χ4v) is 11.9. The molecule has 16 nitrogen and oxygen atoms in total. The highest BCUT2D eigenvalue weighted by Gasteiger charge is 2.59. The summed E-state index contributed by atoms with van der Waals surface area (Å²) in [5, 5.41) is 34.1. The predicted molar refractivity (Wildman–Crippen MR) is 291 cm³/mol. The van der Waals surface area contributed by atoms with E-state index in [1.165, 1.54) is 60.6 Å². The molecule has 6 aromatic rings. The molecule has 3 N–H and O–H groups in total. The second-order valence-corrected chi connectivity index (χ2v) is 22.7. The van der Waals surface area contributed by atoms with E-state index in [1.807, 2.05) is 0 Å². The number of halogens is 8. The van der Waals surface area contributed by atoms with Gasteiger partial charge in [0.2, 0.25) is 5.72 Å². The molecule has 2 amide bonds. The van der Waals surface area contributed by atoms with Crippen LogP contribution in [0, 0.1) is 11.6 Å². The lowest BCUT2D eigenvalue weighted by molar-refractivity contribution is -0.149. The number of carbonyl (C=O) groups is 2. The smallest absolute Gasteiger partial charge is 0.257 e. The number of aliphatic hydroxyl groups excluding tert-OH is 1. The topological polar surface area (TPSA) is 199 Å². The third-order valence-electron chi connectivity index (χ3n) is 16.1. The zero-order valence-electron chi connectivity index (χ0n) is 44.3. The molecule has 5 aliphatic heterocycles. The SMILES string of the molecule is CC(O)(c1cc(F)c2c(c1)C(=O)N(Cc1ncc(Cl)cn1)[C@@]2(OCCO)c1ccc(Cl)cc1)C1(F)CCOCC1.CC(O)(c1cc(F)c2c(c1)C(=O)N(Cc1ncc(Cl)cn1)[C@]2(O[C@H]1CCOC1)c1ccc(Cl)cc1)C1(F)CCOCC1. The maximum Gasteiger partial charge on any atom is 0.257 e. The molecule has 5 atom stereocenters. The molecule has 3 fully saturated rings. The van der Waals surface area contributed by atoms with Crippen LogP contribution in [-0.4, -0.2) is 127 Å². The molecule has 24 heteroatoms. The van der Waals surface area contributed by atoms with Gasteiger partial charge in [-0.15, -0.1) is 0 Å². The highest BCUT2D eigenvalue weighted by molar-refractivity contribution is 6.31. The van der Waals surface area contributed by atoms with E-state index in [9.17, 15) is 24.9 Å². The van der Waals surface area contributed by atoms with Crippen LogP contribution in [0.4, 0.5) is 17.6 Å². The number of fused-ring (bicyclic) bond motifs is 2. The Morgan fingerprint density at radius 2 is 1.01 bits per heavy atom. The van der Waals surface area contributed by atoms with Gasteiger partial charge in [-0.25, -0.2) is 37.5 Å². The van der Waals surface area contributed by atoms with Crippen molar-refractivity contribution in [3.05, 3.63) is 185 Å². The number of benzene rings is 4. The summed E-state index contributed by atoms with van der Waals surface area (Å²) in [6, 6.07) is 17.7. The molecule has 0 bridgehead atoms. The predicted octanol–water partition coefficient (Wildman–Crippen LogP) is 9.83. The van der Waals surface area contributed by atoms with Gasteiger partial charge in [0.1, 0.15) is 45.8 Å². The van der Waals surface area contributed by atoms with Gasteiger partial charge in [0, 0.05) is 105 Å². The lowest BCUT2D eigenvalue weighted by Gasteiger charge is -2.42. The summed E-state index contributed by atoms with van der Waals surface area (Å²) in [4.78, 5) is 47.9. The van der Waals surface area contributed by atoms with Crippen LogP contribution in [0.1, 0.15) is 112 Å². The van der Waals surface area contributed by atoms with Gasteiger partial charge >= 0.3 is 0 Å².